The average molecular weight is 255 g/mol. The van der Waals surface area contributed by atoms with Gasteiger partial charge in [0.25, 0.3) is 0 Å². The van der Waals surface area contributed by atoms with E-state index < -0.39 is 39.0 Å². The molecule has 1 aromatic rings. The van der Waals surface area contributed by atoms with Gasteiger partial charge in [0, 0.05) is 6.54 Å². The molecule has 0 radical (unpaired) electrons. The summed E-state index contributed by atoms with van der Waals surface area (Å²) in [6.07, 6.45) is 0. The Morgan fingerprint density at radius 1 is 1.19 bits per heavy atom. The van der Waals surface area contributed by atoms with Gasteiger partial charge in [-0.1, -0.05) is 0 Å². The van der Waals surface area contributed by atoms with Crippen LogP contribution in [0.3, 0.4) is 0 Å². The van der Waals surface area contributed by atoms with Crippen LogP contribution in [0.1, 0.15) is 0 Å². The van der Waals surface area contributed by atoms with Crippen LogP contribution in [-0.4, -0.2) is 26.7 Å². The highest BCUT2D eigenvalue weighted by Crippen LogP contribution is 2.19. The number of halogens is 3. The molecular formula is C8H8F3NO3S. The van der Waals surface area contributed by atoms with E-state index in [2.05, 4.69) is 0 Å². The topological polar surface area (TPSA) is 66.4 Å². The lowest BCUT2D eigenvalue weighted by molar-refractivity contribution is 0.301. The molecule has 0 amide bonds. The van der Waals surface area contributed by atoms with E-state index in [1.807, 2.05) is 0 Å². The molecule has 2 N–H and O–H groups in total. The molecule has 0 aliphatic heterocycles. The Hall–Kier alpha value is -1.12. The molecule has 0 saturated heterocycles. The number of sulfonamides is 1. The number of hydrogen-bond donors (Lipinski definition) is 2. The molecule has 0 fully saturated rings. The molecule has 90 valence electrons. The number of nitrogens with one attached hydrogen (secondary N) is 1. The molecule has 0 aromatic heterocycles. The molecule has 0 bridgehead atoms. The molecule has 16 heavy (non-hydrogen) atoms. The minimum atomic E-state index is -4.28. The van der Waals surface area contributed by atoms with Crippen molar-refractivity contribution >= 4 is 10.0 Å². The van der Waals surface area contributed by atoms with Crippen molar-refractivity contribution in [2.24, 2.45) is 0 Å². The van der Waals surface area contributed by atoms with E-state index in [0.29, 0.717) is 12.1 Å². The Bertz CT molecular complexity index is 490. The molecule has 0 spiro atoms. The van der Waals surface area contributed by atoms with Crippen LogP contribution in [0.2, 0.25) is 0 Å². The van der Waals surface area contributed by atoms with Crippen molar-refractivity contribution in [3.05, 3.63) is 29.6 Å². The van der Waals surface area contributed by atoms with Gasteiger partial charge in [-0.25, -0.2) is 26.3 Å². The van der Waals surface area contributed by atoms with Crippen LogP contribution < -0.4 is 4.72 Å². The van der Waals surface area contributed by atoms with Crippen molar-refractivity contribution in [2.75, 3.05) is 13.2 Å². The zero-order valence-corrected chi connectivity index (χ0v) is 8.69. The van der Waals surface area contributed by atoms with E-state index in [1.165, 1.54) is 0 Å². The molecule has 1 rings (SSSR count). The zero-order valence-electron chi connectivity index (χ0n) is 7.87. The average Bonchev–Trinajstić information content (AvgIpc) is 2.23. The van der Waals surface area contributed by atoms with E-state index >= 15 is 0 Å². The SMILES string of the molecule is O=S(=O)(NCCO)c1ccc(F)c(F)c1F. The molecule has 0 aliphatic carbocycles. The smallest absolute Gasteiger partial charge is 0.243 e. The van der Waals surface area contributed by atoms with Crippen molar-refractivity contribution < 1.29 is 26.7 Å². The Kier molecular flexibility index (Phi) is 3.89. The summed E-state index contributed by atoms with van der Waals surface area (Å²) >= 11 is 0. The molecule has 0 aliphatic rings. The van der Waals surface area contributed by atoms with Gasteiger partial charge in [0.1, 0.15) is 4.90 Å². The van der Waals surface area contributed by atoms with Crippen LogP contribution in [-0.2, 0) is 10.0 Å². The van der Waals surface area contributed by atoms with Gasteiger partial charge in [-0.2, -0.15) is 0 Å². The van der Waals surface area contributed by atoms with Crippen molar-refractivity contribution in [3.8, 4) is 0 Å². The number of hydrogen-bond acceptors (Lipinski definition) is 3. The Morgan fingerprint density at radius 2 is 1.81 bits per heavy atom. The second-order valence-corrected chi connectivity index (χ2v) is 4.53. The van der Waals surface area contributed by atoms with Crippen LogP contribution in [0.4, 0.5) is 13.2 Å². The van der Waals surface area contributed by atoms with E-state index in [1.54, 1.807) is 4.72 Å². The zero-order chi connectivity index (χ0) is 12.3. The van der Waals surface area contributed by atoms with Gasteiger partial charge in [0.2, 0.25) is 10.0 Å². The minimum absolute atomic E-state index is 0.346. The first-order valence-electron chi connectivity index (χ1n) is 4.14. The number of aliphatic hydroxyl groups is 1. The van der Waals surface area contributed by atoms with Crippen molar-refractivity contribution in [1.29, 1.82) is 0 Å². The first-order chi connectivity index (χ1) is 7.40. The van der Waals surface area contributed by atoms with Crippen LogP contribution in [0, 0.1) is 17.5 Å². The fourth-order valence-corrected chi connectivity index (χ4v) is 2.06. The Labute approximate surface area is 89.8 Å². The second kappa shape index (κ2) is 4.81. The standard InChI is InChI=1S/C8H8F3NO3S/c9-5-1-2-6(8(11)7(5)10)16(14,15)12-3-4-13/h1-2,12-13H,3-4H2. The van der Waals surface area contributed by atoms with E-state index in [-0.39, 0.29) is 6.54 Å². The van der Waals surface area contributed by atoms with Gasteiger partial charge in [0.15, 0.2) is 17.5 Å². The third-order valence-corrected chi connectivity index (χ3v) is 3.17. The van der Waals surface area contributed by atoms with Crippen LogP contribution >= 0.6 is 0 Å². The summed E-state index contributed by atoms with van der Waals surface area (Å²) in [6.45, 7) is -0.842. The summed E-state index contributed by atoms with van der Waals surface area (Å²) < 4.78 is 62.8. The van der Waals surface area contributed by atoms with Crippen LogP contribution in [0.5, 0.6) is 0 Å². The Balaban J connectivity index is 3.19. The van der Waals surface area contributed by atoms with Gasteiger partial charge in [-0.15, -0.1) is 0 Å². The summed E-state index contributed by atoms with van der Waals surface area (Å²) in [4.78, 5) is -1.00. The number of aliphatic hydroxyl groups excluding tert-OH is 1. The highest BCUT2D eigenvalue weighted by atomic mass is 32.2. The number of benzene rings is 1. The second-order valence-electron chi connectivity index (χ2n) is 2.79. The van der Waals surface area contributed by atoms with Crippen molar-refractivity contribution in [2.45, 2.75) is 4.90 Å². The van der Waals surface area contributed by atoms with Crippen LogP contribution in [0.25, 0.3) is 0 Å². The molecule has 0 saturated carbocycles. The molecule has 8 heteroatoms. The molecule has 4 nitrogen and oxygen atoms in total. The summed E-state index contributed by atoms with van der Waals surface area (Å²) in [7, 11) is -4.28. The fraction of sp³-hybridized carbons (Fsp3) is 0.250. The molecule has 0 unspecified atom stereocenters. The normalized spacial score (nSPS) is 11.8. The predicted octanol–water partition coefficient (Wildman–Crippen LogP) is 0.375. The molecule has 1 aromatic carbocycles. The van der Waals surface area contributed by atoms with Gasteiger partial charge >= 0.3 is 0 Å². The molecule has 0 atom stereocenters. The summed E-state index contributed by atoms with van der Waals surface area (Å²) in [6, 6.07) is 1.11. The fourth-order valence-electron chi connectivity index (χ4n) is 0.973. The van der Waals surface area contributed by atoms with Gasteiger partial charge in [-0.05, 0) is 12.1 Å². The lowest BCUT2D eigenvalue weighted by Crippen LogP contribution is -2.27. The molecule has 0 heterocycles. The lowest BCUT2D eigenvalue weighted by atomic mass is 10.3. The van der Waals surface area contributed by atoms with Crippen molar-refractivity contribution in [1.82, 2.24) is 4.72 Å². The molecular weight excluding hydrogens is 247 g/mol. The first-order valence-corrected chi connectivity index (χ1v) is 5.62. The minimum Gasteiger partial charge on any atom is -0.395 e. The maximum absolute atomic E-state index is 13.1. The van der Waals surface area contributed by atoms with Crippen LogP contribution in [0.15, 0.2) is 17.0 Å². The van der Waals surface area contributed by atoms with Gasteiger partial charge in [-0.3, -0.25) is 0 Å². The van der Waals surface area contributed by atoms with Crippen molar-refractivity contribution in [3.63, 3.8) is 0 Å². The van der Waals surface area contributed by atoms with E-state index in [9.17, 15) is 21.6 Å². The highest BCUT2D eigenvalue weighted by Gasteiger charge is 2.23. The van der Waals surface area contributed by atoms with Gasteiger partial charge < -0.3 is 5.11 Å². The Morgan fingerprint density at radius 3 is 2.38 bits per heavy atom. The summed E-state index contributed by atoms with van der Waals surface area (Å²) in [5.74, 6) is -5.11. The maximum atomic E-state index is 13.1. The van der Waals surface area contributed by atoms with E-state index in [0.717, 1.165) is 0 Å². The predicted molar refractivity (Wildman–Crippen MR) is 48.6 cm³/mol. The third kappa shape index (κ3) is 2.52. The summed E-state index contributed by atoms with van der Waals surface area (Å²) in [5, 5.41) is 8.39. The lowest BCUT2D eigenvalue weighted by Gasteiger charge is -2.06. The van der Waals surface area contributed by atoms with Gasteiger partial charge in [0.05, 0.1) is 6.61 Å². The first kappa shape index (κ1) is 12.9. The number of rotatable bonds is 4. The highest BCUT2D eigenvalue weighted by molar-refractivity contribution is 7.89. The quantitative estimate of drug-likeness (QED) is 0.764. The summed E-state index contributed by atoms with van der Waals surface area (Å²) in [5.41, 5.74) is 0. The third-order valence-electron chi connectivity index (χ3n) is 1.69. The monoisotopic (exact) mass is 255 g/mol. The van der Waals surface area contributed by atoms with E-state index in [4.69, 9.17) is 5.11 Å². The maximum Gasteiger partial charge on any atom is 0.243 e. The largest absolute Gasteiger partial charge is 0.395 e.